The number of ketones is 1. The predicted molar refractivity (Wildman–Crippen MR) is 109 cm³/mol. The molecule has 0 aliphatic carbocycles. The van der Waals surface area contributed by atoms with Gasteiger partial charge in [0.15, 0.2) is 16.8 Å². The van der Waals surface area contributed by atoms with Crippen LogP contribution in [0, 0.1) is 0 Å². The van der Waals surface area contributed by atoms with Crippen LogP contribution in [0.15, 0.2) is 53.7 Å². The van der Waals surface area contributed by atoms with E-state index in [1.54, 1.807) is 31.4 Å². The molecule has 27 heavy (non-hydrogen) atoms. The third-order valence-electron chi connectivity index (χ3n) is 4.16. The zero-order valence-corrected chi connectivity index (χ0v) is 16.9. The summed E-state index contributed by atoms with van der Waals surface area (Å²) in [7, 11) is 1.63. The van der Waals surface area contributed by atoms with Crippen LogP contribution >= 0.6 is 23.4 Å². The van der Waals surface area contributed by atoms with E-state index in [4.69, 9.17) is 16.3 Å². The number of rotatable bonds is 7. The number of hydrogen-bond donors (Lipinski definition) is 0. The molecule has 140 valence electrons. The van der Waals surface area contributed by atoms with E-state index in [2.05, 4.69) is 10.2 Å². The van der Waals surface area contributed by atoms with Gasteiger partial charge in [-0.05, 0) is 50.2 Å². The Labute approximate surface area is 167 Å². The first kappa shape index (κ1) is 19.5. The van der Waals surface area contributed by atoms with Gasteiger partial charge in [-0.25, -0.2) is 0 Å². The number of ether oxygens (including phenoxy) is 1. The first-order chi connectivity index (χ1) is 13.0. The second kappa shape index (κ2) is 8.59. The Morgan fingerprint density at radius 1 is 1.19 bits per heavy atom. The van der Waals surface area contributed by atoms with Gasteiger partial charge in [-0.3, -0.25) is 4.79 Å². The van der Waals surface area contributed by atoms with E-state index in [1.807, 2.05) is 42.7 Å². The Morgan fingerprint density at radius 3 is 2.56 bits per heavy atom. The van der Waals surface area contributed by atoms with Crippen LogP contribution in [0.5, 0.6) is 5.75 Å². The number of halogens is 1. The summed E-state index contributed by atoms with van der Waals surface area (Å²) < 4.78 is 7.44. The zero-order valence-electron chi connectivity index (χ0n) is 15.3. The molecule has 3 rings (SSSR count). The van der Waals surface area contributed by atoms with Crippen molar-refractivity contribution in [3.63, 3.8) is 0 Å². The maximum atomic E-state index is 12.7. The van der Waals surface area contributed by atoms with Gasteiger partial charge in [-0.15, -0.1) is 10.2 Å². The lowest BCUT2D eigenvalue weighted by Gasteiger charge is -2.13. The average Bonchev–Trinajstić information content (AvgIpc) is 3.10. The largest absolute Gasteiger partial charge is 0.496 e. The molecular weight excluding hydrogens is 382 g/mol. The van der Waals surface area contributed by atoms with Crippen molar-refractivity contribution >= 4 is 29.1 Å². The van der Waals surface area contributed by atoms with E-state index in [0.717, 1.165) is 17.1 Å². The van der Waals surface area contributed by atoms with Crippen LogP contribution in [0.25, 0.3) is 11.4 Å². The number of Topliss-reactive ketones (excluding diaryl/α,β-unsaturated/α-hetero) is 1. The Balaban J connectivity index is 1.86. The predicted octanol–water partition coefficient (Wildman–Crippen LogP) is 4.99. The molecule has 0 amide bonds. The standard InChI is InChI=1S/C20H20ClN3O2S/c1-4-24-19(16-7-5-6-8-17(16)26-3)22-23-20(24)27-13(2)18(25)14-9-11-15(21)12-10-14/h5-13H,4H2,1-3H3. The number of methoxy groups -OCH3 is 1. The maximum absolute atomic E-state index is 12.7. The van der Waals surface area contributed by atoms with Gasteiger partial charge in [0.2, 0.25) is 0 Å². The van der Waals surface area contributed by atoms with Crippen LogP contribution < -0.4 is 4.74 Å². The van der Waals surface area contributed by atoms with Crippen LogP contribution in [-0.4, -0.2) is 32.9 Å². The van der Waals surface area contributed by atoms with E-state index in [1.165, 1.54) is 11.8 Å². The highest BCUT2D eigenvalue weighted by atomic mass is 35.5. The number of carbonyl (C=O) groups is 1. The van der Waals surface area contributed by atoms with Crippen LogP contribution in [0.2, 0.25) is 5.02 Å². The van der Waals surface area contributed by atoms with Gasteiger partial charge in [-0.1, -0.05) is 35.5 Å². The van der Waals surface area contributed by atoms with E-state index < -0.39 is 0 Å². The minimum Gasteiger partial charge on any atom is -0.496 e. The summed E-state index contributed by atoms with van der Waals surface area (Å²) in [6, 6.07) is 14.6. The molecule has 0 spiro atoms. The molecule has 1 atom stereocenters. The Bertz CT molecular complexity index is 941. The first-order valence-electron chi connectivity index (χ1n) is 8.58. The highest BCUT2D eigenvalue weighted by molar-refractivity contribution is 8.00. The second-order valence-electron chi connectivity index (χ2n) is 5.88. The number of thioether (sulfide) groups is 1. The Hall–Kier alpha value is -2.31. The van der Waals surface area contributed by atoms with Gasteiger partial charge in [0, 0.05) is 17.1 Å². The van der Waals surface area contributed by atoms with E-state index in [0.29, 0.717) is 22.3 Å². The van der Waals surface area contributed by atoms with Crippen LogP contribution in [0.1, 0.15) is 24.2 Å². The molecule has 0 radical (unpaired) electrons. The maximum Gasteiger partial charge on any atom is 0.192 e. The fraction of sp³-hybridized carbons (Fsp3) is 0.250. The second-order valence-corrected chi connectivity index (χ2v) is 7.63. The fourth-order valence-corrected chi connectivity index (χ4v) is 3.87. The van der Waals surface area contributed by atoms with Crippen molar-refractivity contribution < 1.29 is 9.53 Å². The van der Waals surface area contributed by atoms with E-state index in [-0.39, 0.29) is 11.0 Å². The lowest BCUT2D eigenvalue weighted by Crippen LogP contribution is -2.14. The van der Waals surface area contributed by atoms with Crippen molar-refractivity contribution in [2.24, 2.45) is 0 Å². The van der Waals surface area contributed by atoms with Crippen molar-refractivity contribution in [2.75, 3.05) is 7.11 Å². The van der Waals surface area contributed by atoms with Gasteiger partial charge in [0.25, 0.3) is 0 Å². The van der Waals surface area contributed by atoms with E-state index in [9.17, 15) is 4.79 Å². The molecule has 2 aromatic carbocycles. The minimum absolute atomic E-state index is 0.0289. The van der Waals surface area contributed by atoms with Crippen molar-refractivity contribution in [1.29, 1.82) is 0 Å². The highest BCUT2D eigenvalue weighted by Crippen LogP contribution is 2.32. The van der Waals surface area contributed by atoms with E-state index >= 15 is 0 Å². The summed E-state index contributed by atoms with van der Waals surface area (Å²) in [5, 5.41) is 9.67. The topological polar surface area (TPSA) is 57.0 Å². The summed E-state index contributed by atoms with van der Waals surface area (Å²) in [5.74, 6) is 1.49. The minimum atomic E-state index is -0.300. The van der Waals surface area contributed by atoms with Gasteiger partial charge in [0.1, 0.15) is 5.75 Å². The Morgan fingerprint density at radius 2 is 1.89 bits per heavy atom. The molecule has 0 saturated carbocycles. The molecule has 0 saturated heterocycles. The molecule has 0 aliphatic rings. The number of carbonyl (C=O) groups excluding carboxylic acids is 1. The van der Waals surface area contributed by atoms with Gasteiger partial charge in [0.05, 0.1) is 17.9 Å². The summed E-state index contributed by atoms with van der Waals surface area (Å²) >= 11 is 7.30. The lowest BCUT2D eigenvalue weighted by atomic mass is 10.1. The summed E-state index contributed by atoms with van der Waals surface area (Å²) in [6.45, 7) is 4.58. The van der Waals surface area contributed by atoms with Gasteiger partial charge < -0.3 is 9.30 Å². The number of nitrogens with zero attached hydrogens (tertiary/aromatic N) is 3. The number of hydrogen-bond acceptors (Lipinski definition) is 5. The molecule has 0 fully saturated rings. The monoisotopic (exact) mass is 401 g/mol. The fourth-order valence-electron chi connectivity index (χ4n) is 2.75. The lowest BCUT2D eigenvalue weighted by molar-refractivity contribution is 0.0994. The quantitative estimate of drug-likeness (QED) is 0.412. The van der Waals surface area contributed by atoms with Gasteiger partial charge in [-0.2, -0.15) is 0 Å². The molecule has 1 unspecified atom stereocenters. The number of benzene rings is 2. The molecular formula is C20H20ClN3O2S. The smallest absolute Gasteiger partial charge is 0.192 e. The molecule has 0 N–H and O–H groups in total. The van der Waals surface area contributed by atoms with Crippen molar-refractivity contribution in [3.8, 4) is 17.1 Å². The molecule has 5 nitrogen and oxygen atoms in total. The highest BCUT2D eigenvalue weighted by Gasteiger charge is 2.22. The average molecular weight is 402 g/mol. The molecule has 1 heterocycles. The van der Waals surface area contributed by atoms with Crippen molar-refractivity contribution in [3.05, 3.63) is 59.1 Å². The number of aromatic nitrogens is 3. The van der Waals surface area contributed by atoms with Crippen molar-refractivity contribution in [1.82, 2.24) is 14.8 Å². The van der Waals surface area contributed by atoms with Crippen LogP contribution in [-0.2, 0) is 6.54 Å². The van der Waals surface area contributed by atoms with Gasteiger partial charge >= 0.3 is 0 Å². The van der Waals surface area contributed by atoms with Crippen molar-refractivity contribution in [2.45, 2.75) is 30.8 Å². The van der Waals surface area contributed by atoms with Crippen LogP contribution in [0.3, 0.4) is 0 Å². The molecule has 1 aromatic heterocycles. The molecule has 7 heteroatoms. The molecule has 3 aromatic rings. The Kier molecular flexibility index (Phi) is 6.19. The summed E-state index contributed by atoms with van der Waals surface area (Å²) in [5.41, 5.74) is 1.50. The third kappa shape index (κ3) is 4.17. The zero-order chi connectivity index (χ0) is 19.4. The summed E-state index contributed by atoms with van der Waals surface area (Å²) in [4.78, 5) is 12.7. The molecule has 0 bridgehead atoms. The third-order valence-corrected chi connectivity index (χ3v) is 5.49. The van der Waals surface area contributed by atoms with Crippen LogP contribution in [0.4, 0.5) is 0 Å². The SMILES string of the molecule is CCn1c(SC(C)C(=O)c2ccc(Cl)cc2)nnc1-c1ccccc1OC. The number of para-hydroxylation sites is 1. The summed E-state index contributed by atoms with van der Waals surface area (Å²) in [6.07, 6.45) is 0. The normalized spacial score (nSPS) is 12.0. The molecule has 0 aliphatic heterocycles. The first-order valence-corrected chi connectivity index (χ1v) is 9.84.